The second-order valence-corrected chi connectivity index (χ2v) is 11.8. The number of para-hydroxylation sites is 1. The Bertz CT molecular complexity index is 1760. The van der Waals surface area contributed by atoms with Gasteiger partial charge >= 0.3 is 0 Å². The van der Waals surface area contributed by atoms with Crippen molar-refractivity contribution >= 4 is 46.3 Å². The molecule has 5 aromatic rings. The predicted octanol–water partition coefficient (Wildman–Crippen LogP) is 9.36. The summed E-state index contributed by atoms with van der Waals surface area (Å²) in [6, 6.07) is 45.9. The highest BCUT2D eigenvalue weighted by atomic mass is 35.5. The Balaban J connectivity index is 1.55. The molecule has 0 aromatic heterocycles. The van der Waals surface area contributed by atoms with Gasteiger partial charge in [-0.1, -0.05) is 133 Å². The Hall–Kier alpha value is -4.25. The van der Waals surface area contributed by atoms with Crippen LogP contribution in [0.3, 0.4) is 0 Å². The number of ether oxygens (including phenoxy) is 1. The summed E-state index contributed by atoms with van der Waals surface area (Å²) in [7, 11) is 0. The van der Waals surface area contributed by atoms with Crippen molar-refractivity contribution in [3.05, 3.63) is 167 Å². The van der Waals surface area contributed by atoms with E-state index in [0.717, 1.165) is 32.8 Å². The van der Waals surface area contributed by atoms with Gasteiger partial charge in [-0.05, 0) is 29.3 Å². The summed E-state index contributed by atoms with van der Waals surface area (Å²) >= 11 is 8.54. The van der Waals surface area contributed by atoms with E-state index in [1.807, 2.05) is 120 Å². The molecule has 0 N–H and O–H groups in total. The van der Waals surface area contributed by atoms with Crippen molar-refractivity contribution in [1.82, 2.24) is 0 Å². The van der Waals surface area contributed by atoms with Crippen LogP contribution in [0.4, 0.5) is 5.69 Å². The van der Waals surface area contributed by atoms with Gasteiger partial charge < -0.3 is 4.74 Å². The van der Waals surface area contributed by atoms with Gasteiger partial charge in [0.2, 0.25) is 5.72 Å². The number of halogens is 1. The molecule has 5 heteroatoms. The van der Waals surface area contributed by atoms with Crippen molar-refractivity contribution in [1.29, 1.82) is 0 Å². The number of carbonyl (C=O) groups is 1. The van der Waals surface area contributed by atoms with Crippen LogP contribution in [-0.2, 0) is 15.3 Å². The van der Waals surface area contributed by atoms with Crippen molar-refractivity contribution in [2.75, 3.05) is 4.90 Å². The van der Waals surface area contributed by atoms with E-state index in [1.165, 1.54) is 0 Å². The van der Waals surface area contributed by atoms with Gasteiger partial charge in [-0.15, -0.1) is 11.8 Å². The summed E-state index contributed by atoms with van der Waals surface area (Å²) in [6.07, 6.45) is 0.490. The van der Waals surface area contributed by atoms with Crippen LogP contribution in [0.15, 0.2) is 144 Å². The predicted molar refractivity (Wildman–Crippen MR) is 167 cm³/mol. The van der Waals surface area contributed by atoms with E-state index in [0.29, 0.717) is 22.8 Å². The summed E-state index contributed by atoms with van der Waals surface area (Å²) in [5.74, 6) is 0.474. The molecule has 41 heavy (non-hydrogen) atoms. The lowest BCUT2D eigenvalue weighted by molar-refractivity contribution is -0.120. The van der Waals surface area contributed by atoms with Crippen LogP contribution in [0.5, 0.6) is 0 Å². The number of hydrogen-bond donors (Lipinski definition) is 0. The van der Waals surface area contributed by atoms with Gasteiger partial charge in [-0.25, -0.2) is 0 Å². The molecule has 3 nitrogen and oxygen atoms in total. The number of nitrogens with zero attached hydrogens (tertiary/aromatic N) is 1. The highest BCUT2D eigenvalue weighted by molar-refractivity contribution is 7.99. The average Bonchev–Trinajstić information content (AvgIpc) is 3.18. The van der Waals surface area contributed by atoms with Crippen LogP contribution in [0.1, 0.15) is 33.9 Å². The molecular formula is C36H26ClNO2S. The minimum absolute atomic E-state index is 0.0850. The first kappa shape index (κ1) is 25.7. The largest absolute Gasteiger partial charge is 0.462 e. The Morgan fingerprint density at radius 2 is 1.29 bits per heavy atom. The molecular weight excluding hydrogens is 546 g/mol. The Labute approximate surface area is 249 Å². The molecule has 0 spiro atoms. The fraction of sp³-hybridized carbons (Fsp3) is 0.0833. The summed E-state index contributed by atoms with van der Waals surface area (Å²) in [5, 5.41) is 0.614. The number of hydrogen-bond acceptors (Lipinski definition) is 3. The lowest BCUT2D eigenvalue weighted by Gasteiger charge is -2.48. The summed E-state index contributed by atoms with van der Waals surface area (Å²) < 4.78 is 7.34. The fourth-order valence-electron chi connectivity index (χ4n) is 5.83. The molecule has 0 saturated carbocycles. The standard InChI is InChI=1S/C36H26ClNO2S/c37-29-21-11-10-20-28(29)32-24-36(27-18-8-3-9-19-27)38(30-22-12-13-23-31(30)41-32)35(39)33(25-14-4-1-5-15-25)34(40-36)26-16-6-2-7-17-26/h1-23,32H,24H2/t32-,36+/m0/s1. The zero-order chi connectivity index (χ0) is 27.8. The van der Waals surface area contributed by atoms with Crippen molar-refractivity contribution in [3.8, 4) is 0 Å². The number of benzene rings is 5. The molecule has 200 valence electrons. The quantitative estimate of drug-likeness (QED) is 0.215. The molecule has 2 aliphatic rings. The average molecular weight is 572 g/mol. The van der Waals surface area contributed by atoms with E-state index in [4.69, 9.17) is 16.3 Å². The molecule has 0 bridgehead atoms. The fourth-order valence-corrected chi connectivity index (χ4v) is 7.55. The van der Waals surface area contributed by atoms with Crippen LogP contribution < -0.4 is 4.90 Å². The first-order valence-corrected chi connectivity index (χ1v) is 14.9. The van der Waals surface area contributed by atoms with Crippen LogP contribution >= 0.6 is 23.4 Å². The first-order chi connectivity index (χ1) is 20.2. The maximum absolute atomic E-state index is 15.1. The topological polar surface area (TPSA) is 29.5 Å². The monoisotopic (exact) mass is 571 g/mol. The third-order valence-corrected chi connectivity index (χ3v) is 9.34. The summed E-state index contributed by atoms with van der Waals surface area (Å²) in [4.78, 5) is 18.0. The van der Waals surface area contributed by atoms with Crippen molar-refractivity contribution < 1.29 is 9.53 Å². The number of anilines is 1. The Kier molecular flexibility index (Phi) is 6.66. The third kappa shape index (κ3) is 4.44. The van der Waals surface area contributed by atoms with Crippen molar-refractivity contribution in [3.63, 3.8) is 0 Å². The maximum atomic E-state index is 15.1. The van der Waals surface area contributed by atoms with Crippen molar-refractivity contribution in [2.45, 2.75) is 22.3 Å². The minimum atomic E-state index is -1.13. The molecule has 2 atom stereocenters. The minimum Gasteiger partial charge on any atom is -0.462 e. The van der Waals surface area contributed by atoms with Gasteiger partial charge in [0.25, 0.3) is 5.91 Å². The van der Waals surface area contributed by atoms with Gasteiger partial charge in [0.15, 0.2) is 0 Å². The molecule has 1 amide bonds. The van der Waals surface area contributed by atoms with Crippen LogP contribution in [0.2, 0.25) is 5.02 Å². The van der Waals surface area contributed by atoms with E-state index in [-0.39, 0.29) is 11.2 Å². The third-order valence-electron chi connectivity index (χ3n) is 7.69. The van der Waals surface area contributed by atoms with E-state index < -0.39 is 5.72 Å². The van der Waals surface area contributed by atoms with E-state index in [9.17, 15) is 0 Å². The van der Waals surface area contributed by atoms with E-state index >= 15 is 4.79 Å². The maximum Gasteiger partial charge on any atom is 0.266 e. The molecule has 0 fully saturated rings. The van der Waals surface area contributed by atoms with Gasteiger partial charge in [-0.2, -0.15) is 0 Å². The van der Waals surface area contributed by atoms with Crippen LogP contribution in [0.25, 0.3) is 11.3 Å². The first-order valence-electron chi connectivity index (χ1n) is 13.6. The van der Waals surface area contributed by atoms with E-state index in [2.05, 4.69) is 24.3 Å². The molecule has 5 aromatic carbocycles. The molecule has 2 heterocycles. The molecule has 7 rings (SSSR count). The SMILES string of the molecule is O=C1C(c2ccccc2)=C(c2ccccc2)O[C@@]2(c3ccccc3)C[C@@H](c3ccccc3Cl)Sc3ccccc3N12. The number of rotatable bonds is 4. The zero-order valence-corrected chi connectivity index (χ0v) is 23.7. The van der Waals surface area contributed by atoms with Crippen LogP contribution in [-0.4, -0.2) is 5.91 Å². The lowest BCUT2D eigenvalue weighted by atomic mass is 9.87. The van der Waals surface area contributed by atoms with Gasteiger partial charge in [0, 0.05) is 32.7 Å². The van der Waals surface area contributed by atoms with Gasteiger partial charge in [0.1, 0.15) is 5.76 Å². The zero-order valence-electron chi connectivity index (χ0n) is 22.1. The molecule has 2 aliphatic heterocycles. The summed E-state index contributed by atoms with van der Waals surface area (Å²) in [6.45, 7) is 0. The Morgan fingerprint density at radius 1 is 0.707 bits per heavy atom. The molecule has 0 aliphatic carbocycles. The highest BCUT2D eigenvalue weighted by Gasteiger charge is 2.54. The number of thioether (sulfide) groups is 1. The normalized spacial score (nSPS) is 20.1. The van der Waals surface area contributed by atoms with Gasteiger partial charge in [0.05, 0.1) is 11.3 Å². The summed E-state index contributed by atoms with van der Waals surface area (Å²) in [5.41, 5.74) is 3.82. The lowest BCUT2D eigenvalue weighted by Crippen LogP contribution is -2.55. The van der Waals surface area contributed by atoms with Crippen molar-refractivity contribution in [2.24, 2.45) is 0 Å². The molecule has 0 saturated heterocycles. The number of amides is 1. The highest BCUT2D eigenvalue weighted by Crippen LogP contribution is 2.58. The van der Waals surface area contributed by atoms with Gasteiger partial charge in [-0.3, -0.25) is 9.69 Å². The van der Waals surface area contributed by atoms with E-state index in [1.54, 1.807) is 11.8 Å². The number of fused-ring (bicyclic) bond motifs is 3. The second kappa shape index (κ2) is 10.6. The van der Waals surface area contributed by atoms with Crippen LogP contribution in [0, 0.1) is 0 Å². The second-order valence-electron chi connectivity index (χ2n) is 10.1. The molecule has 0 radical (unpaired) electrons. The smallest absolute Gasteiger partial charge is 0.266 e. The molecule has 0 unspecified atom stereocenters. The Morgan fingerprint density at radius 3 is 2.00 bits per heavy atom. The number of carbonyl (C=O) groups excluding carboxylic acids is 1.